The summed E-state index contributed by atoms with van der Waals surface area (Å²) in [5.41, 5.74) is 0. The van der Waals surface area contributed by atoms with Crippen molar-refractivity contribution in [3.8, 4) is 0 Å². The van der Waals surface area contributed by atoms with Crippen LogP contribution in [0.15, 0.2) is 0 Å². The van der Waals surface area contributed by atoms with Crippen LogP contribution >= 0.6 is 0 Å². The van der Waals surface area contributed by atoms with Crippen LogP contribution in [0.4, 0.5) is 0 Å². The summed E-state index contributed by atoms with van der Waals surface area (Å²) in [5, 5.41) is 0. The second-order valence-corrected chi connectivity index (χ2v) is 21.2. The number of carbonyl (C=O) groups is 3. The summed E-state index contributed by atoms with van der Waals surface area (Å²) in [6, 6.07) is 0. The summed E-state index contributed by atoms with van der Waals surface area (Å²) in [5.74, 6) is 0.830. The highest BCUT2D eigenvalue weighted by atomic mass is 16.6. The van der Waals surface area contributed by atoms with Gasteiger partial charge >= 0.3 is 17.9 Å². The van der Waals surface area contributed by atoms with Gasteiger partial charge in [-0.05, 0) is 31.1 Å². The zero-order chi connectivity index (χ0) is 47.5. The minimum Gasteiger partial charge on any atom is -0.462 e. The largest absolute Gasteiger partial charge is 0.462 e. The van der Waals surface area contributed by atoms with Gasteiger partial charge in [-0.3, -0.25) is 14.4 Å². The molecule has 0 saturated carbocycles. The second kappa shape index (κ2) is 51.8. The first-order valence-electron chi connectivity index (χ1n) is 29.2. The lowest BCUT2D eigenvalue weighted by atomic mass is 10.0. The molecular weight excluding hydrogens is 805 g/mol. The standard InChI is InChI=1S/C59H114O6/c1-6-7-8-9-10-11-12-13-16-20-23-29-34-39-44-49-57(60)63-52-56(65-59(62)51-46-41-36-31-26-25-28-33-38-43-48-55(4)5)53-64-58(61)50-45-40-35-30-24-21-18-15-14-17-19-22-27-32-37-42-47-54(2)3/h54-56H,6-53H2,1-5H3/t56-/m0/s1. The lowest BCUT2D eigenvalue weighted by Crippen LogP contribution is -2.30. The minimum atomic E-state index is -0.763. The summed E-state index contributed by atoms with van der Waals surface area (Å²) < 4.78 is 16.9. The Morgan fingerprint density at radius 3 is 0.754 bits per heavy atom. The normalized spacial score (nSPS) is 12.0. The fourth-order valence-corrected chi connectivity index (χ4v) is 9.05. The van der Waals surface area contributed by atoms with Crippen LogP contribution in [0, 0.1) is 11.8 Å². The van der Waals surface area contributed by atoms with Crippen molar-refractivity contribution in [3.05, 3.63) is 0 Å². The summed E-state index contributed by atoms with van der Waals surface area (Å²) in [7, 11) is 0. The van der Waals surface area contributed by atoms with Crippen molar-refractivity contribution < 1.29 is 28.6 Å². The maximum absolute atomic E-state index is 12.8. The molecule has 0 saturated heterocycles. The molecule has 0 amide bonds. The topological polar surface area (TPSA) is 78.9 Å². The van der Waals surface area contributed by atoms with Crippen molar-refractivity contribution in [2.45, 2.75) is 336 Å². The lowest BCUT2D eigenvalue weighted by molar-refractivity contribution is -0.167. The molecular formula is C59H114O6. The third kappa shape index (κ3) is 53.2. The molecule has 0 aromatic carbocycles. The van der Waals surface area contributed by atoms with Crippen molar-refractivity contribution in [3.63, 3.8) is 0 Å². The number of rotatable bonds is 53. The quantitative estimate of drug-likeness (QED) is 0.0344. The summed E-state index contributed by atoms with van der Waals surface area (Å²) in [6.45, 7) is 11.4. The monoisotopic (exact) mass is 919 g/mol. The Bertz CT molecular complexity index is 993. The van der Waals surface area contributed by atoms with E-state index in [-0.39, 0.29) is 31.1 Å². The van der Waals surface area contributed by atoms with Crippen molar-refractivity contribution in [1.82, 2.24) is 0 Å². The summed E-state index contributed by atoms with van der Waals surface area (Å²) in [4.78, 5) is 38.1. The molecule has 0 heterocycles. The SMILES string of the molecule is CCCCCCCCCCCCCCCCCC(=O)OC[C@@H](COC(=O)CCCCCCCCCCCCCCCCCCC(C)C)OC(=O)CCCCCCCCCCCCC(C)C. The number of esters is 3. The molecule has 6 heteroatoms. The molecule has 0 spiro atoms. The molecule has 0 bridgehead atoms. The first-order chi connectivity index (χ1) is 31.7. The van der Waals surface area contributed by atoms with Crippen LogP contribution in [0.25, 0.3) is 0 Å². The van der Waals surface area contributed by atoms with E-state index in [2.05, 4.69) is 34.6 Å². The Kier molecular flexibility index (Phi) is 50.5. The molecule has 0 aliphatic rings. The van der Waals surface area contributed by atoms with Gasteiger partial charge in [0.1, 0.15) is 13.2 Å². The molecule has 0 N–H and O–H groups in total. The molecule has 1 atom stereocenters. The van der Waals surface area contributed by atoms with Crippen LogP contribution in [0.2, 0.25) is 0 Å². The fourth-order valence-electron chi connectivity index (χ4n) is 9.05. The Hall–Kier alpha value is -1.59. The fraction of sp³-hybridized carbons (Fsp3) is 0.949. The molecule has 0 aromatic heterocycles. The van der Waals surface area contributed by atoms with E-state index in [4.69, 9.17) is 14.2 Å². The first kappa shape index (κ1) is 63.4. The van der Waals surface area contributed by atoms with Crippen molar-refractivity contribution in [2.24, 2.45) is 11.8 Å². The Labute approximate surface area is 406 Å². The van der Waals surface area contributed by atoms with Gasteiger partial charge in [-0.15, -0.1) is 0 Å². The highest BCUT2D eigenvalue weighted by Gasteiger charge is 2.19. The van der Waals surface area contributed by atoms with E-state index in [1.807, 2.05) is 0 Å². The van der Waals surface area contributed by atoms with Gasteiger partial charge in [0.05, 0.1) is 0 Å². The van der Waals surface area contributed by atoms with Gasteiger partial charge in [0.25, 0.3) is 0 Å². The molecule has 0 aliphatic heterocycles. The molecule has 0 rings (SSSR count). The predicted octanol–water partition coefficient (Wildman–Crippen LogP) is 19.3. The molecule has 0 fully saturated rings. The summed E-state index contributed by atoms with van der Waals surface area (Å²) >= 11 is 0. The van der Waals surface area contributed by atoms with Gasteiger partial charge in [0, 0.05) is 19.3 Å². The van der Waals surface area contributed by atoms with E-state index in [1.165, 1.54) is 218 Å². The van der Waals surface area contributed by atoms with E-state index >= 15 is 0 Å². The Morgan fingerprint density at radius 2 is 0.508 bits per heavy atom. The van der Waals surface area contributed by atoms with E-state index in [0.29, 0.717) is 19.3 Å². The molecule has 386 valence electrons. The van der Waals surface area contributed by atoms with Crippen molar-refractivity contribution in [1.29, 1.82) is 0 Å². The third-order valence-corrected chi connectivity index (χ3v) is 13.5. The number of ether oxygens (including phenoxy) is 3. The van der Waals surface area contributed by atoms with Gasteiger partial charge in [0.2, 0.25) is 0 Å². The second-order valence-electron chi connectivity index (χ2n) is 21.2. The van der Waals surface area contributed by atoms with Gasteiger partial charge in [0.15, 0.2) is 6.10 Å². The van der Waals surface area contributed by atoms with Crippen LogP contribution in [-0.4, -0.2) is 37.2 Å². The van der Waals surface area contributed by atoms with Crippen molar-refractivity contribution in [2.75, 3.05) is 13.2 Å². The Morgan fingerprint density at radius 1 is 0.292 bits per heavy atom. The number of hydrogen-bond acceptors (Lipinski definition) is 6. The lowest BCUT2D eigenvalue weighted by Gasteiger charge is -2.18. The van der Waals surface area contributed by atoms with E-state index in [9.17, 15) is 14.4 Å². The Balaban J connectivity index is 4.27. The highest BCUT2D eigenvalue weighted by molar-refractivity contribution is 5.71. The van der Waals surface area contributed by atoms with Crippen molar-refractivity contribution >= 4 is 17.9 Å². The van der Waals surface area contributed by atoms with Gasteiger partial charge < -0.3 is 14.2 Å². The van der Waals surface area contributed by atoms with E-state index < -0.39 is 6.10 Å². The number of unbranched alkanes of at least 4 members (excludes halogenated alkanes) is 38. The number of hydrogen-bond donors (Lipinski definition) is 0. The third-order valence-electron chi connectivity index (χ3n) is 13.5. The van der Waals surface area contributed by atoms with Crippen LogP contribution in [0.5, 0.6) is 0 Å². The zero-order valence-corrected chi connectivity index (χ0v) is 44.6. The predicted molar refractivity (Wildman–Crippen MR) is 280 cm³/mol. The number of carbonyl (C=O) groups excluding carboxylic acids is 3. The van der Waals surface area contributed by atoms with Crippen LogP contribution in [0.3, 0.4) is 0 Å². The van der Waals surface area contributed by atoms with Gasteiger partial charge in [-0.25, -0.2) is 0 Å². The molecule has 0 aliphatic carbocycles. The summed E-state index contributed by atoms with van der Waals surface area (Å²) in [6.07, 6.45) is 55.2. The van der Waals surface area contributed by atoms with Crippen LogP contribution in [-0.2, 0) is 28.6 Å². The molecule has 0 unspecified atom stereocenters. The molecule has 0 aromatic rings. The van der Waals surface area contributed by atoms with Gasteiger partial charge in [-0.1, -0.05) is 291 Å². The van der Waals surface area contributed by atoms with Crippen LogP contribution < -0.4 is 0 Å². The van der Waals surface area contributed by atoms with E-state index in [0.717, 1.165) is 69.6 Å². The van der Waals surface area contributed by atoms with Crippen LogP contribution in [0.1, 0.15) is 330 Å². The zero-order valence-electron chi connectivity index (χ0n) is 44.6. The van der Waals surface area contributed by atoms with Gasteiger partial charge in [-0.2, -0.15) is 0 Å². The average Bonchev–Trinajstić information content (AvgIpc) is 3.28. The molecule has 65 heavy (non-hydrogen) atoms. The highest BCUT2D eigenvalue weighted by Crippen LogP contribution is 2.18. The average molecular weight is 920 g/mol. The molecule has 6 nitrogen and oxygen atoms in total. The maximum Gasteiger partial charge on any atom is 0.306 e. The maximum atomic E-state index is 12.8. The van der Waals surface area contributed by atoms with E-state index in [1.54, 1.807) is 0 Å². The minimum absolute atomic E-state index is 0.0628. The smallest absolute Gasteiger partial charge is 0.306 e. The first-order valence-corrected chi connectivity index (χ1v) is 29.2. The molecule has 0 radical (unpaired) electrons.